The summed E-state index contributed by atoms with van der Waals surface area (Å²) < 4.78 is 23.0. The second-order valence-corrected chi connectivity index (χ2v) is 17.0. The summed E-state index contributed by atoms with van der Waals surface area (Å²) in [5, 5.41) is 68.8. The predicted octanol–water partition coefficient (Wildman–Crippen LogP) is 5.53. The van der Waals surface area contributed by atoms with E-state index in [0.29, 0.717) is 11.5 Å². The number of rotatable bonds is 10. The molecule has 20 nitrogen and oxygen atoms in total. The van der Waals surface area contributed by atoms with Gasteiger partial charge in [-0.05, 0) is 125 Å². The van der Waals surface area contributed by atoms with Gasteiger partial charge in [-0.3, -0.25) is 0 Å². The average Bonchev–Trinajstić information content (AvgIpc) is 3.42. The Hall–Kier alpha value is -8.28. The van der Waals surface area contributed by atoms with E-state index in [4.69, 9.17) is 88.4 Å². The minimum absolute atomic E-state index is 0.277. The maximum absolute atomic E-state index is 9.10. The Balaban J connectivity index is 0.000000274. The lowest BCUT2D eigenvalue weighted by atomic mass is 9.81. The number of carbonyl (C=O) groups is 6. The Bertz CT molecular complexity index is 2780. The van der Waals surface area contributed by atoms with E-state index in [-0.39, 0.29) is 6.04 Å². The highest BCUT2D eigenvalue weighted by atomic mass is 79.9. The number of carboxylic acids is 6. The van der Waals surface area contributed by atoms with Crippen molar-refractivity contribution in [2.45, 2.75) is 37.8 Å². The van der Waals surface area contributed by atoms with Crippen LogP contribution in [0.25, 0.3) is 11.1 Å². The lowest BCUT2D eigenvalue weighted by Crippen LogP contribution is -2.31. The molecule has 2 aliphatic rings. The topological polar surface area (TPSA) is 325 Å². The van der Waals surface area contributed by atoms with E-state index in [1.807, 2.05) is 6.07 Å². The third-order valence-electron chi connectivity index (χ3n) is 11.1. The standard InChI is InChI=1S/C24H25NO2.C18H20BrNO2.C6H7BO2.3C2H2O4/c1-26-23-15-20-11-12-25-22(21(20)16-24(23)27-2)14-17-7-6-10-19(13-17)18-8-4-3-5-9-18;1-21-17-10-13-6-7-20-16(15(13)11-18(17)22-2)9-12-4-3-5-14(19)8-12;8-7(9)6-4-2-1-3-5-6;3*3-1(4)2(5)6/h3-10,13,15-16,22,25H,11-12,14H2,1-2H3;3-5,8,10-11,16,20H,6-7,9H2,1-2H3;1-5,8-9H;3*(H,3,4)(H,5,6). The van der Waals surface area contributed by atoms with Crippen LogP contribution in [0.3, 0.4) is 0 Å². The van der Waals surface area contributed by atoms with Gasteiger partial charge in [-0.15, -0.1) is 0 Å². The molecular formula is C54H58BBrN2O18. The first-order chi connectivity index (χ1) is 36.2. The number of nitrogens with one attached hydrogen (secondary N) is 2. The van der Waals surface area contributed by atoms with Gasteiger partial charge in [0.2, 0.25) is 0 Å². The van der Waals surface area contributed by atoms with Crippen molar-refractivity contribution in [1.29, 1.82) is 0 Å². The normalized spacial score (nSPS) is 13.4. The monoisotopic (exact) mass is 1110 g/mol. The zero-order valence-corrected chi connectivity index (χ0v) is 43.3. The second-order valence-electron chi connectivity index (χ2n) is 16.0. The molecule has 0 amide bonds. The van der Waals surface area contributed by atoms with E-state index < -0.39 is 42.9 Å². The van der Waals surface area contributed by atoms with Crippen LogP contribution in [0, 0.1) is 0 Å². The van der Waals surface area contributed by atoms with E-state index in [1.165, 1.54) is 44.5 Å². The fraction of sp³-hybridized carbons (Fsp3) is 0.222. The Morgan fingerprint density at radius 2 is 0.829 bits per heavy atom. The molecule has 0 aromatic heterocycles. The van der Waals surface area contributed by atoms with E-state index in [9.17, 15) is 0 Å². The van der Waals surface area contributed by atoms with Crippen LogP contribution in [0.15, 0.2) is 138 Å². The summed E-state index contributed by atoms with van der Waals surface area (Å²) in [6.07, 6.45) is 3.94. The van der Waals surface area contributed by atoms with Gasteiger partial charge in [-0.2, -0.15) is 0 Å². The molecule has 0 spiro atoms. The lowest BCUT2D eigenvalue weighted by molar-refractivity contribution is -0.159. The van der Waals surface area contributed by atoms with Crippen LogP contribution in [0.4, 0.5) is 0 Å². The Morgan fingerprint density at radius 3 is 1.18 bits per heavy atom. The number of hydrogen-bond donors (Lipinski definition) is 10. The number of fused-ring (bicyclic) bond motifs is 2. The molecule has 2 unspecified atom stereocenters. The zero-order valence-electron chi connectivity index (χ0n) is 41.7. The highest BCUT2D eigenvalue weighted by Crippen LogP contribution is 2.38. The summed E-state index contributed by atoms with van der Waals surface area (Å²) in [6, 6.07) is 45.6. The van der Waals surface area contributed by atoms with Crippen molar-refractivity contribution in [1.82, 2.24) is 10.6 Å². The number of methoxy groups -OCH3 is 4. The van der Waals surface area contributed by atoms with Crippen LogP contribution in [-0.4, -0.2) is 125 Å². The quantitative estimate of drug-likeness (QED) is 0.0595. The number of benzene rings is 6. The highest BCUT2D eigenvalue weighted by molar-refractivity contribution is 9.10. The van der Waals surface area contributed by atoms with Crippen molar-refractivity contribution in [3.05, 3.63) is 171 Å². The maximum Gasteiger partial charge on any atom is 0.488 e. The summed E-state index contributed by atoms with van der Waals surface area (Å²) in [4.78, 5) is 54.6. The zero-order chi connectivity index (χ0) is 56.3. The fourth-order valence-corrected chi connectivity index (χ4v) is 8.02. The van der Waals surface area contributed by atoms with Crippen molar-refractivity contribution in [2.75, 3.05) is 41.5 Å². The minimum Gasteiger partial charge on any atom is -0.493 e. The first-order valence-corrected chi connectivity index (χ1v) is 23.7. The van der Waals surface area contributed by atoms with Crippen molar-refractivity contribution >= 4 is 64.3 Å². The molecule has 0 aliphatic carbocycles. The Morgan fingerprint density at radius 1 is 0.474 bits per heavy atom. The molecule has 0 saturated carbocycles. The predicted molar refractivity (Wildman–Crippen MR) is 283 cm³/mol. The van der Waals surface area contributed by atoms with Crippen LogP contribution in [-0.2, 0) is 54.5 Å². The van der Waals surface area contributed by atoms with Gasteiger partial charge in [0.05, 0.1) is 28.4 Å². The van der Waals surface area contributed by atoms with Crippen molar-refractivity contribution in [3.8, 4) is 34.1 Å². The van der Waals surface area contributed by atoms with E-state index in [0.717, 1.165) is 66.2 Å². The molecule has 76 heavy (non-hydrogen) atoms. The van der Waals surface area contributed by atoms with Crippen LogP contribution in [0.5, 0.6) is 23.0 Å². The molecule has 10 N–H and O–H groups in total. The molecule has 0 fully saturated rings. The van der Waals surface area contributed by atoms with Gasteiger partial charge in [-0.1, -0.05) is 113 Å². The molecule has 22 heteroatoms. The van der Waals surface area contributed by atoms with Crippen molar-refractivity contribution in [2.24, 2.45) is 0 Å². The van der Waals surface area contributed by atoms with Gasteiger partial charge in [0, 0.05) is 16.6 Å². The largest absolute Gasteiger partial charge is 0.493 e. The van der Waals surface area contributed by atoms with E-state index >= 15 is 0 Å². The minimum atomic E-state index is -1.82. The Kier molecular flexibility index (Phi) is 26.2. The summed E-state index contributed by atoms with van der Waals surface area (Å²) in [5.41, 5.74) is 11.0. The first-order valence-electron chi connectivity index (χ1n) is 22.9. The highest BCUT2D eigenvalue weighted by Gasteiger charge is 2.24. The summed E-state index contributed by atoms with van der Waals surface area (Å²) in [5.74, 6) is -7.74. The average molecular weight is 1110 g/mol. The fourth-order valence-electron chi connectivity index (χ4n) is 7.57. The molecule has 402 valence electrons. The molecular weight excluding hydrogens is 1060 g/mol. The maximum atomic E-state index is 9.10. The number of ether oxygens (including phenoxy) is 4. The number of hydrogen-bond acceptors (Lipinski definition) is 14. The molecule has 6 aromatic carbocycles. The summed E-state index contributed by atoms with van der Waals surface area (Å²) >= 11 is 3.54. The SMILES string of the molecule is COc1cc2c(cc1OC)C(Cc1cccc(-c3ccccc3)c1)NCC2.COc1cc2c(cc1OC)C(Cc1cccc(Br)c1)NCC2.O=C(O)C(=O)O.O=C(O)C(=O)O.O=C(O)C(=O)O.OB(O)c1ccccc1. The van der Waals surface area contributed by atoms with Crippen molar-refractivity contribution in [3.63, 3.8) is 0 Å². The van der Waals surface area contributed by atoms with Crippen LogP contribution >= 0.6 is 15.9 Å². The number of carboxylic acid groups (broad SMARTS) is 6. The molecule has 8 rings (SSSR count). The van der Waals surface area contributed by atoms with Gasteiger partial charge in [0.25, 0.3) is 0 Å². The van der Waals surface area contributed by atoms with Gasteiger partial charge in [0.1, 0.15) is 0 Å². The molecule has 0 radical (unpaired) electrons. The number of aliphatic carboxylic acids is 6. The molecule has 6 aromatic rings. The second kappa shape index (κ2) is 32.1. The van der Waals surface area contributed by atoms with Gasteiger partial charge < -0.3 is 70.3 Å². The smallest absolute Gasteiger partial charge is 0.488 e. The molecule has 0 bridgehead atoms. The van der Waals surface area contributed by atoms with E-state index in [1.54, 1.807) is 52.7 Å². The third-order valence-corrected chi connectivity index (χ3v) is 11.6. The van der Waals surface area contributed by atoms with Gasteiger partial charge >= 0.3 is 42.9 Å². The summed E-state index contributed by atoms with van der Waals surface area (Å²) in [6.45, 7) is 1.96. The Labute approximate surface area is 446 Å². The molecule has 2 aliphatic heterocycles. The molecule has 0 saturated heterocycles. The van der Waals surface area contributed by atoms with Crippen molar-refractivity contribution < 1.29 is 88.4 Å². The van der Waals surface area contributed by atoms with E-state index in [2.05, 4.69) is 130 Å². The summed E-state index contributed by atoms with van der Waals surface area (Å²) in [7, 11) is 5.41. The van der Waals surface area contributed by atoms with Crippen LogP contribution in [0.2, 0.25) is 0 Å². The molecule has 2 heterocycles. The molecule has 2 atom stereocenters. The van der Waals surface area contributed by atoms with Crippen LogP contribution < -0.4 is 35.0 Å². The third kappa shape index (κ3) is 20.6. The lowest BCUT2D eigenvalue weighted by Gasteiger charge is -2.28. The van der Waals surface area contributed by atoms with Gasteiger partial charge in [0.15, 0.2) is 23.0 Å². The number of halogens is 1. The van der Waals surface area contributed by atoms with Crippen LogP contribution in [0.1, 0.15) is 45.5 Å². The van der Waals surface area contributed by atoms with Gasteiger partial charge in [-0.25, -0.2) is 28.8 Å². The first kappa shape index (κ1) is 62.0.